The van der Waals surface area contributed by atoms with Crippen LogP contribution >= 0.6 is 11.6 Å². The van der Waals surface area contributed by atoms with Crippen molar-refractivity contribution >= 4 is 11.6 Å². The molecule has 0 aliphatic carbocycles. The Morgan fingerprint density at radius 2 is 2.00 bits per heavy atom. The van der Waals surface area contributed by atoms with Crippen LogP contribution in [0.15, 0.2) is 12.3 Å². The van der Waals surface area contributed by atoms with Crippen molar-refractivity contribution in [3.63, 3.8) is 0 Å². The van der Waals surface area contributed by atoms with Gasteiger partial charge in [0.2, 0.25) is 5.88 Å². The lowest BCUT2D eigenvalue weighted by Crippen LogP contribution is -2.24. The topological polar surface area (TPSA) is 22.1 Å². The lowest BCUT2D eigenvalue weighted by Gasteiger charge is -2.21. The van der Waals surface area contributed by atoms with Crippen LogP contribution in [-0.2, 0) is 0 Å². The minimum absolute atomic E-state index is 0.234. The summed E-state index contributed by atoms with van der Waals surface area (Å²) in [6.07, 6.45) is 1.65. The van der Waals surface area contributed by atoms with Crippen LogP contribution in [0.5, 0.6) is 5.88 Å². The van der Waals surface area contributed by atoms with Gasteiger partial charge in [0.1, 0.15) is 5.60 Å². The number of aromatic nitrogens is 1. The number of nitrogens with zero attached hydrogens (tertiary/aromatic N) is 1. The highest BCUT2D eigenvalue weighted by molar-refractivity contribution is 6.31. The first-order chi connectivity index (χ1) is 5.90. The van der Waals surface area contributed by atoms with Crippen molar-refractivity contribution in [1.82, 2.24) is 4.98 Å². The quantitative estimate of drug-likeness (QED) is 0.693. The zero-order valence-corrected chi connectivity index (χ0v) is 9.14. The van der Waals surface area contributed by atoms with E-state index in [1.54, 1.807) is 12.3 Å². The Labute approximate surface area is 83.9 Å². The van der Waals surface area contributed by atoms with E-state index in [0.717, 1.165) is 5.56 Å². The summed E-state index contributed by atoms with van der Waals surface area (Å²) in [5.41, 5.74) is 0.654. The first-order valence-corrected chi connectivity index (χ1v) is 4.58. The van der Waals surface area contributed by atoms with E-state index in [0.29, 0.717) is 10.9 Å². The maximum atomic E-state index is 5.92. The normalized spacial score (nSPS) is 11.5. The number of ether oxygens (including phenoxy) is 1. The van der Waals surface area contributed by atoms with Crippen LogP contribution in [0.3, 0.4) is 0 Å². The van der Waals surface area contributed by atoms with E-state index in [-0.39, 0.29) is 5.60 Å². The average Bonchev–Trinajstić information content (AvgIpc) is 1.96. The van der Waals surface area contributed by atoms with E-state index in [1.165, 1.54) is 0 Å². The monoisotopic (exact) mass is 199 g/mol. The minimum Gasteiger partial charge on any atom is -0.472 e. The molecule has 3 heteroatoms. The van der Waals surface area contributed by atoms with Crippen molar-refractivity contribution in [2.45, 2.75) is 33.3 Å². The number of pyridine rings is 1. The fourth-order valence-corrected chi connectivity index (χ4v) is 1.02. The summed E-state index contributed by atoms with van der Waals surface area (Å²) in [5, 5.41) is 0.689. The van der Waals surface area contributed by atoms with E-state index in [1.807, 2.05) is 27.7 Å². The molecule has 0 spiro atoms. The van der Waals surface area contributed by atoms with Crippen LogP contribution in [0.1, 0.15) is 26.3 Å². The van der Waals surface area contributed by atoms with Crippen LogP contribution in [0.2, 0.25) is 5.02 Å². The molecule has 2 nitrogen and oxygen atoms in total. The Bertz CT molecular complexity index is 304. The van der Waals surface area contributed by atoms with Gasteiger partial charge >= 0.3 is 0 Å². The fourth-order valence-electron chi connectivity index (χ4n) is 0.887. The molecule has 0 amide bonds. The van der Waals surface area contributed by atoms with Crippen molar-refractivity contribution in [3.8, 4) is 5.88 Å². The van der Waals surface area contributed by atoms with Gasteiger partial charge in [0, 0.05) is 11.8 Å². The molecule has 1 aromatic heterocycles. The van der Waals surface area contributed by atoms with Gasteiger partial charge in [-0.1, -0.05) is 11.6 Å². The van der Waals surface area contributed by atoms with Crippen LogP contribution < -0.4 is 4.74 Å². The van der Waals surface area contributed by atoms with Gasteiger partial charge in [-0.3, -0.25) is 0 Å². The fraction of sp³-hybridized carbons (Fsp3) is 0.500. The standard InChI is InChI=1S/C10H14ClNO/c1-7-8(11)5-6-12-9(7)13-10(2,3)4/h5-6H,1-4H3. The third kappa shape index (κ3) is 2.88. The molecular weight excluding hydrogens is 186 g/mol. The lowest BCUT2D eigenvalue weighted by molar-refractivity contribution is 0.123. The van der Waals surface area contributed by atoms with Gasteiger partial charge in [0.05, 0.1) is 5.02 Å². The van der Waals surface area contributed by atoms with Crippen molar-refractivity contribution in [2.24, 2.45) is 0 Å². The largest absolute Gasteiger partial charge is 0.472 e. The Morgan fingerprint density at radius 3 is 2.54 bits per heavy atom. The minimum atomic E-state index is -0.234. The third-order valence-electron chi connectivity index (χ3n) is 1.49. The van der Waals surface area contributed by atoms with Crippen LogP contribution in [-0.4, -0.2) is 10.6 Å². The molecule has 72 valence electrons. The zero-order valence-electron chi connectivity index (χ0n) is 8.39. The summed E-state index contributed by atoms with van der Waals surface area (Å²) < 4.78 is 5.62. The summed E-state index contributed by atoms with van der Waals surface area (Å²) in [7, 11) is 0. The van der Waals surface area contributed by atoms with E-state index in [2.05, 4.69) is 4.98 Å². The lowest BCUT2D eigenvalue weighted by atomic mass is 10.2. The molecule has 1 aromatic rings. The summed E-state index contributed by atoms with van der Waals surface area (Å²) in [6.45, 7) is 7.84. The maximum Gasteiger partial charge on any atom is 0.218 e. The molecule has 0 N–H and O–H groups in total. The molecule has 0 fully saturated rings. The summed E-state index contributed by atoms with van der Waals surface area (Å²) in [4.78, 5) is 4.12. The molecule has 1 heterocycles. The van der Waals surface area contributed by atoms with Gasteiger partial charge in [-0.05, 0) is 33.8 Å². The van der Waals surface area contributed by atoms with Gasteiger partial charge < -0.3 is 4.74 Å². The predicted octanol–water partition coefficient (Wildman–Crippen LogP) is 3.22. The van der Waals surface area contributed by atoms with Gasteiger partial charge in [0.25, 0.3) is 0 Å². The average molecular weight is 200 g/mol. The second kappa shape index (κ2) is 3.54. The molecule has 0 radical (unpaired) electrons. The van der Waals surface area contributed by atoms with Gasteiger partial charge in [-0.25, -0.2) is 4.98 Å². The molecule has 0 saturated heterocycles. The van der Waals surface area contributed by atoms with Gasteiger partial charge in [-0.15, -0.1) is 0 Å². The van der Waals surface area contributed by atoms with Crippen LogP contribution in [0.25, 0.3) is 0 Å². The summed E-state index contributed by atoms with van der Waals surface area (Å²) >= 11 is 5.92. The molecule has 0 unspecified atom stereocenters. The van der Waals surface area contributed by atoms with E-state index < -0.39 is 0 Å². The molecular formula is C10H14ClNO. The molecule has 1 rings (SSSR count). The summed E-state index contributed by atoms with van der Waals surface area (Å²) in [6, 6.07) is 1.76. The second-order valence-electron chi connectivity index (χ2n) is 3.94. The van der Waals surface area contributed by atoms with Crippen molar-refractivity contribution in [2.75, 3.05) is 0 Å². The Kier molecular flexibility index (Phi) is 2.81. The Morgan fingerprint density at radius 1 is 1.38 bits per heavy atom. The number of halogens is 1. The molecule has 0 aromatic carbocycles. The molecule has 0 aliphatic rings. The molecule has 0 bridgehead atoms. The number of hydrogen-bond acceptors (Lipinski definition) is 2. The summed E-state index contributed by atoms with van der Waals surface area (Å²) in [5.74, 6) is 0.611. The molecule has 13 heavy (non-hydrogen) atoms. The Hall–Kier alpha value is -0.760. The maximum absolute atomic E-state index is 5.92. The highest BCUT2D eigenvalue weighted by Crippen LogP contribution is 2.25. The zero-order chi connectivity index (χ0) is 10.1. The first kappa shape index (κ1) is 10.3. The van der Waals surface area contributed by atoms with E-state index >= 15 is 0 Å². The molecule has 0 aliphatic heterocycles. The second-order valence-corrected chi connectivity index (χ2v) is 4.34. The van der Waals surface area contributed by atoms with Crippen molar-refractivity contribution < 1.29 is 4.74 Å². The highest BCUT2D eigenvalue weighted by Gasteiger charge is 2.15. The smallest absolute Gasteiger partial charge is 0.218 e. The van der Waals surface area contributed by atoms with E-state index in [9.17, 15) is 0 Å². The first-order valence-electron chi connectivity index (χ1n) is 4.20. The highest BCUT2D eigenvalue weighted by atomic mass is 35.5. The van der Waals surface area contributed by atoms with Gasteiger partial charge in [0.15, 0.2) is 0 Å². The van der Waals surface area contributed by atoms with E-state index in [4.69, 9.17) is 16.3 Å². The van der Waals surface area contributed by atoms with Gasteiger partial charge in [-0.2, -0.15) is 0 Å². The number of hydrogen-bond donors (Lipinski definition) is 0. The Balaban J connectivity index is 2.96. The van der Waals surface area contributed by atoms with Crippen molar-refractivity contribution in [1.29, 1.82) is 0 Å². The van der Waals surface area contributed by atoms with Crippen molar-refractivity contribution in [3.05, 3.63) is 22.8 Å². The third-order valence-corrected chi connectivity index (χ3v) is 1.90. The number of rotatable bonds is 1. The molecule has 0 saturated carbocycles. The van der Waals surface area contributed by atoms with Crippen LogP contribution in [0.4, 0.5) is 0 Å². The predicted molar refractivity (Wildman–Crippen MR) is 54.4 cm³/mol. The molecule has 0 atom stereocenters. The SMILES string of the molecule is Cc1c(Cl)ccnc1OC(C)(C)C. The van der Waals surface area contributed by atoms with Crippen LogP contribution in [0, 0.1) is 6.92 Å².